The number of fused-ring (bicyclic) bond motifs is 5. The Morgan fingerprint density at radius 3 is 2.45 bits per heavy atom. The average Bonchev–Trinajstić information content (AvgIpc) is 4.15. The molecule has 1 saturated heterocycles. The Morgan fingerprint density at radius 2 is 1.63 bits per heavy atom. The lowest BCUT2D eigenvalue weighted by molar-refractivity contribution is -0.167. The molecule has 7 aliphatic rings. The van der Waals surface area contributed by atoms with Crippen LogP contribution in [0.15, 0.2) is 78.9 Å². The van der Waals surface area contributed by atoms with Crippen LogP contribution in [0, 0.1) is 35.5 Å². The van der Waals surface area contributed by atoms with Crippen molar-refractivity contribution in [3.63, 3.8) is 0 Å². The van der Waals surface area contributed by atoms with E-state index in [1.165, 1.54) is 0 Å². The summed E-state index contributed by atoms with van der Waals surface area (Å²) in [5.41, 5.74) is 3.79. The topological polar surface area (TPSA) is 181 Å². The van der Waals surface area contributed by atoms with E-state index in [1.807, 2.05) is 36.4 Å². The Balaban J connectivity index is 1.01. The quantitative estimate of drug-likeness (QED) is 0.0493. The summed E-state index contributed by atoms with van der Waals surface area (Å²) < 4.78 is 41.4. The number of phenolic OH excluding ortho intramolecular Hbond substituents is 3. The second-order valence-corrected chi connectivity index (χ2v) is 21.9. The van der Waals surface area contributed by atoms with Gasteiger partial charge in [0.1, 0.15) is 53.0 Å². The zero-order chi connectivity index (χ0) is 49.8. The van der Waals surface area contributed by atoms with E-state index in [2.05, 4.69) is 22.5 Å². The van der Waals surface area contributed by atoms with Crippen molar-refractivity contribution in [2.45, 2.75) is 125 Å². The van der Waals surface area contributed by atoms with Crippen LogP contribution >= 0.6 is 0 Å². The lowest BCUT2D eigenvalue weighted by Crippen LogP contribution is -2.75. The van der Waals surface area contributed by atoms with Gasteiger partial charge in [-0.05, 0) is 142 Å². The number of hydrogen-bond donors (Lipinski definition) is 7. The third-order valence-electron chi connectivity index (χ3n) is 17.5. The van der Waals surface area contributed by atoms with Gasteiger partial charge in [0, 0.05) is 78.5 Å². The molecule has 5 aromatic rings. The first-order chi connectivity index (χ1) is 35.6. The Morgan fingerprint density at radius 1 is 0.808 bits per heavy atom. The normalized spacial score (nSPS) is 29.1. The third-order valence-corrected chi connectivity index (χ3v) is 17.5. The summed E-state index contributed by atoms with van der Waals surface area (Å²) in [6, 6.07) is 23.6. The molecule has 4 aliphatic heterocycles. The van der Waals surface area contributed by atoms with Gasteiger partial charge in [-0.3, -0.25) is 10.6 Å². The van der Waals surface area contributed by atoms with Gasteiger partial charge >= 0.3 is 0 Å². The maximum absolute atomic E-state index is 13.4. The number of rotatable bonds is 11. The Kier molecular flexibility index (Phi) is 13.1. The first-order valence-corrected chi connectivity index (χ1v) is 26.8. The number of aromatic hydroxyl groups is 3. The summed E-state index contributed by atoms with van der Waals surface area (Å²) in [5.74, 6) is 8.35. The molecule has 73 heavy (non-hydrogen) atoms. The Bertz CT molecular complexity index is 2920. The zero-order valence-corrected chi connectivity index (χ0v) is 41.6. The molecule has 0 amide bonds. The van der Waals surface area contributed by atoms with E-state index in [4.69, 9.17) is 28.4 Å². The van der Waals surface area contributed by atoms with Gasteiger partial charge in [0.2, 0.25) is 0 Å². The number of methoxy groups -OCH3 is 1. The minimum Gasteiger partial charge on any atom is -0.508 e. The molecule has 3 saturated carbocycles. The van der Waals surface area contributed by atoms with Crippen LogP contribution in [0.4, 0.5) is 0 Å². The van der Waals surface area contributed by atoms with Gasteiger partial charge in [0.25, 0.3) is 0 Å². The highest BCUT2D eigenvalue weighted by Crippen LogP contribution is 2.58. The molecular formula is C60H68N2O11. The molecule has 13 nitrogen and oxygen atoms in total. The number of phenols is 3. The molecule has 384 valence electrons. The maximum Gasteiger partial charge on any atom is 0.149 e. The van der Waals surface area contributed by atoms with Gasteiger partial charge in [-0.25, -0.2) is 0 Å². The number of nitrogens with one attached hydrogen (secondary N) is 2. The number of ether oxygens (including phenoxy) is 6. The zero-order valence-electron chi connectivity index (χ0n) is 41.6. The van der Waals surface area contributed by atoms with E-state index in [-0.39, 0.29) is 60.7 Å². The molecule has 0 unspecified atom stereocenters. The molecule has 2 spiro atoms. The Hall–Kier alpha value is -5.72. The molecule has 0 radical (unpaired) electrons. The van der Waals surface area contributed by atoms with Crippen molar-refractivity contribution in [1.29, 1.82) is 0 Å². The molecule has 2 bridgehead atoms. The fraction of sp³-hybridized carbons (Fsp3) is 0.500. The van der Waals surface area contributed by atoms with E-state index in [0.717, 1.165) is 97.4 Å². The first-order valence-electron chi connectivity index (χ1n) is 26.8. The van der Waals surface area contributed by atoms with Crippen molar-refractivity contribution in [1.82, 2.24) is 10.6 Å². The van der Waals surface area contributed by atoms with Crippen molar-refractivity contribution >= 4 is 10.8 Å². The fourth-order valence-corrected chi connectivity index (χ4v) is 14.0. The minimum absolute atomic E-state index is 0.0387. The number of benzene rings is 5. The summed E-state index contributed by atoms with van der Waals surface area (Å²) in [4.78, 5) is 0. The number of hydrogen-bond acceptors (Lipinski definition) is 13. The predicted molar refractivity (Wildman–Crippen MR) is 275 cm³/mol. The lowest BCUT2D eigenvalue weighted by Gasteiger charge is -2.55. The first kappa shape index (κ1) is 48.2. The molecule has 13 heteroatoms. The highest BCUT2D eigenvalue weighted by Gasteiger charge is 2.61. The second-order valence-electron chi connectivity index (χ2n) is 21.9. The van der Waals surface area contributed by atoms with Crippen LogP contribution in [0.2, 0.25) is 0 Å². The smallest absolute Gasteiger partial charge is 0.149 e. The second kappa shape index (κ2) is 19.9. The molecule has 12 rings (SSSR count). The van der Waals surface area contributed by atoms with Gasteiger partial charge in [0.05, 0.1) is 48.1 Å². The fourth-order valence-electron chi connectivity index (χ4n) is 14.0. The van der Waals surface area contributed by atoms with Gasteiger partial charge in [-0.2, -0.15) is 0 Å². The highest BCUT2D eigenvalue weighted by atomic mass is 16.5. The van der Waals surface area contributed by atoms with Crippen molar-refractivity contribution in [3.8, 4) is 63.2 Å². The summed E-state index contributed by atoms with van der Waals surface area (Å²) >= 11 is 0. The summed E-state index contributed by atoms with van der Waals surface area (Å²) in [5, 5.41) is 66.6. The van der Waals surface area contributed by atoms with Gasteiger partial charge in [-0.1, -0.05) is 42.9 Å². The van der Waals surface area contributed by atoms with Crippen LogP contribution in [0.5, 0.6) is 40.2 Å². The van der Waals surface area contributed by atoms with Crippen LogP contribution in [0.1, 0.15) is 112 Å². The molecule has 5 aromatic carbocycles. The van der Waals surface area contributed by atoms with Crippen molar-refractivity contribution in [2.75, 3.05) is 40.1 Å². The predicted octanol–water partition coefficient (Wildman–Crippen LogP) is 9.12. The minimum atomic E-state index is -1.06. The summed E-state index contributed by atoms with van der Waals surface area (Å²) in [6.45, 7) is 1.37. The molecule has 0 aromatic heterocycles. The van der Waals surface area contributed by atoms with Crippen molar-refractivity contribution in [2.24, 2.45) is 23.7 Å². The molecule has 9 atom stereocenters. The van der Waals surface area contributed by atoms with E-state index in [1.54, 1.807) is 49.6 Å². The van der Waals surface area contributed by atoms with E-state index in [0.29, 0.717) is 66.4 Å². The van der Waals surface area contributed by atoms with Crippen LogP contribution in [0.25, 0.3) is 21.9 Å². The van der Waals surface area contributed by atoms with Crippen LogP contribution in [-0.2, 0) is 15.9 Å². The third kappa shape index (κ3) is 8.91. The lowest BCUT2D eigenvalue weighted by atomic mass is 9.71. The monoisotopic (exact) mass is 992 g/mol. The molecule has 3 aliphatic carbocycles. The van der Waals surface area contributed by atoms with Crippen molar-refractivity contribution < 1.29 is 54.0 Å². The average molecular weight is 993 g/mol. The van der Waals surface area contributed by atoms with E-state index >= 15 is 0 Å². The van der Waals surface area contributed by atoms with Crippen molar-refractivity contribution in [3.05, 3.63) is 101 Å². The summed E-state index contributed by atoms with van der Waals surface area (Å²) in [6.07, 6.45) is 8.72. The van der Waals surface area contributed by atoms with Crippen LogP contribution < -0.4 is 29.6 Å². The van der Waals surface area contributed by atoms with E-state index in [9.17, 15) is 25.5 Å². The molecule has 4 fully saturated rings. The highest BCUT2D eigenvalue weighted by molar-refractivity contribution is 5.96. The standard InChI is InChI=1S/C60H68N2O11/c1-68-23-8-14-51-53(50-34-70-55-38(28-44(30-48(55)54(50)67)71-43-12-2-3-13-43)25-37-27-41(65)15-17-45(37)35-9-6-11-40(64)26-35)57-49-31-52(47-29-42(66)16-18-46(47)56(49)72-51)69-24-7-10-39-32-61-59(20-4-5-21-59)62-60(39)22-19-36(33-63)58(60)73-57/h6,9,11,15-18,26-31,36,39,43,50-51,53-54,57-58,61-67H,2-5,8,12-14,19-25,32-34H2,1H3/t36-,39-,50-,51+,53-,54-,57+,58+,60+/m1/s1. The van der Waals surface area contributed by atoms with Gasteiger partial charge in [0.15, 0.2) is 0 Å². The molecular weight excluding hydrogens is 925 g/mol. The summed E-state index contributed by atoms with van der Waals surface area (Å²) in [7, 11) is 1.70. The maximum atomic E-state index is 13.4. The molecule has 4 heterocycles. The van der Waals surface area contributed by atoms with Gasteiger partial charge in [-0.15, -0.1) is 0 Å². The largest absolute Gasteiger partial charge is 0.508 e. The Labute approximate surface area is 427 Å². The van der Waals surface area contributed by atoms with Crippen LogP contribution in [0.3, 0.4) is 0 Å². The van der Waals surface area contributed by atoms with E-state index < -0.39 is 41.8 Å². The number of aliphatic hydroxyl groups excluding tert-OH is 2. The molecule has 7 N–H and O–H groups in total. The van der Waals surface area contributed by atoms with Crippen LogP contribution in [-0.4, -0.2) is 95.1 Å². The SMILES string of the molecule is COCCC[C@@H]1Oc2c3cc(c4cc(O)ccc24)OCC#C[C@@H]2CNC4(CCCC4)N[C@@]24CC[C@H](CO)[C@@H]4O[C@@H]3[C@@H]1[C@H]1COc2c(Cc3cc(O)ccc3-c3cccc(O)c3)cc(OC3CCCC3)cc2[C@H]1O. The number of aliphatic hydroxyl groups is 2. The van der Waals surface area contributed by atoms with Gasteiger partial charge < -0.3 is 54.0 Å².